The van der Waals surface area contributed by atoms with Crippen LogP contribution in [0.2, 0.25) is 0 Å². The third kappa shape index (κ3) is 6.05. The van der Waals surface area contributed by atoms with Gasteiger partial charge in [-0.3, -0.25) is 4.79 Å². The van der Waals surface area contributed by atoms with Crippen molar-refractivity contribution in [3.05, 3.63) is 107 Å². The Morgan fingerprint density at radius 3 is 2.03 bits per heavy atom. The Morgan fingerprint density at radius 2 is 1.45 bits per heavy atom. The molecule has 38 heavy (non-hydrogen) atoms. The highest BCUT2D eigenvalue weighted by Gasteiger charge is 2.38. The first-order valence-corrected chi connectivity index (χ1v) is 12.2. The third-order valence-electron chi connectivity index (χ3n) is 6.35. The lowest BCUT2D eigenvalue weighted by Gasteiger charge is -2.16. The molecule has 0 atom stereocenters. The maximum atomic E-state index is 14.9. The van der Waals surface area contributed by atoms with E-state index in [1.165, 1.54) is 12.1 Å². The van der Waals surface area contributed by atoms with Crippen LogP contribution in [-0.4, -0.2) is 12.1 Å². The molecule has 0 aliphatic heterocycles. The Balaban J connectivity index is 1.58. The van der Waals surface area contributed by atoms with Crippen LogP contribution in [-0.2, 0) is 17.8 Å². The maximum Gasteiger partial charge on any atom is 0.471 e. The Labute approximate surface area is 219 Å². The van der Waals surface area contributed by atoms with E-state index in [0.29, 0.717) is 17.5 Å². The summed E-state index contributed by atoms with van der Waals surface area (Å²) in [6.07, 6.45) is -4.52. The highest BCUT2D eigenvalue weighted by molar-refractivity contribution is 5.96. The second-order valence-corrected chi connectivity index (χ2v) is 9.08. The molecule has 0 heterocycles. The van der Waals surface area contributed by atoms with Gasteiger partial charge < -0.3 is 10.1 Å². The molecule has 7 heteroatoms. The van der Waals surface area contributed by atoms with Crippen LogP contribution < -0.4 is 10.1 Å². The highest BCUT2D eigenvalue weighted by atomic mass is 19.4. The predicted octanol–water partition coefficient (Wildman–Crippen LogP) is 8.42. The number of anilines is 1. The van der Waals surface area contributed by atoms with Gasteiger partial charge in [0.1, 0.15) is 6.61 Å². The summed E-state index contributed by atoms with van der Waals surface area (Å²) >= 11 is 0. The topological polar surface area (TPSA) is 38.3 Å². The van der Waals surface area contributed by atoms with E-state index in [0.717, 1.165) is 33.4 Å². The van der Waals surface area contributed by atoms with Gasteiger partial charge in [-0.2, -0.15) is 13.2 Å². The number of ether oxygens (including phenoxy) is 1. The van der Waals surface area contributed by atoms with E-state index in [2.05, 4.69) is 0 Å². The van der Waals surface area contributed by atoms with Crippen LogP contribution in [0.4, 0.5) is 23.2 Å². The standard InChI is InChI=1S/C31H27F4NO2/c1-4-22-16-23(10-12-28(22)36-30(37)31(33,34)35)25-14-20(3)26(15-19(25)2)24-11-13-29(27(32)17-24)38-18-21-8-6-5-7-9-21/h5-17H,4,18H2,1-3H3,(H,36,37). The summed E-state index contributed by atoms with van der Waals surface area (Å²) < 4.78 is 58.6. The first-order valence-electron chi connectivity index (χ1n) is 12.2. The zero-order valence-corrected chi connectivity index (χ0v) is 21.2. The van der Waals surface area contributed by atoms with Crippen LogP contribution in [0.1, 0.15) is 29.2 Å². The molecule has 4 aromatic carbocycles. The van der Waals surface area contributed by atoms with E-state index in [-0.39, 0.29) is 18.0 Å². The van der Waals surface area contributed by atoms with Gasteiger partial charge in [-0.15, -0.1) is 0 Å². The van der Waals surface area contributed by atoms with Crippen molar-refractivity contribution in [3.63, 3.8) is 0 Å². The molecule has 4 aromatic rings. The monoisotopic (exact) mass is 521 g/mol. The molecule has 0 aliphatic carbocycles. The second kappa shape index (κ2) is 11.1. The fourth-order valence-electron chi connectivity index (χ4n) is 4.33. The number of amides is 1. The summed E-state index contributed by atoms with van der Waals surface area (Å²) in [5, 5.41) is 1.96. The molecule has 0 aromatic heterocycles. The first kappa shape index (κ1) is 26.9. The lowest BCUT2D eigenvalue weighted by Crippen LogP contribution is -2.30. The van der Waals surface area contributed by atoms with Crippen LogP contribution >= 0.6 is 0 Å². The van der Waals surface area contributed by atoms with Crippen molar-refractivity contribution in [3.8, 4) is 28.0 Å². The number of alkyl halides is 3. The fraction of sp³-hybridized carbons (Fsp3) is 0.194. The van der Waals surface area contributed by atoms with E-state index in [9.17, 15) is 22.4 Å². The summed E-state index contributed by atoms with van der Waals surface area (Å²) in [7, 11) is 0. The van der Waals surface area contributed by atoms with E-state index in [1.807, 2.05) is 74.6 Å². The Kier molecular flexibility index (Phi) is 7.86. The zero-order valence-electron chi connectivity index (χ0n) is 21.2. The number of halogens is 4. The van der Waals surface area contributed by atoms with Crippen molar-refractivity contribution >= 4 is 11.6 Å². The minimum atomic E-state index is -4.96. The second-order valence-electron chi connectivity index (χ2n) is 9.08. The van der Waals surface area contributed by atoms with Gasteiger partial charge in [-0.1, -0.05) is 61.5 Å². The predicted molar refractivity (Wildman–Crippen MR) is 142 cm³/mol. The smallest absolute Gasteiger partial charge is 0.471 e. The van der Waals surface area contributed by atoms with Gasteiger partial charge in [0.25, 0.3) is 0 Å². The highest BCUT2D eigenvalue weighted by Crippen LogP contribution is 2.35. The van der Waals surface area contributed by atoms with Crippen LogP contribution in [0.3, 0.4) is 0 Å². The summed E-state index contributed by atoms with van der Waals surface area (Å²) in [5.41, 5.74) is 6.79. The summed E-state index contributed by atoms with van der Waals surface area (Å²) in [5.74, 6) is -2.28. The largest absolute Gasteiger partial charge is 0.486 e. The number of benzene rings is 4. The molecular weight excluding hydrogens is 494 g/mol. The minimum Gasteiger partial charge on any atom is -0.486 e. The lowest BCUT2D eigenvalue weighted by molar-refractivity contribution is -0.167. The molecule has 1 N–H and O–H groups in total. The Hall–Kier alpha value is -4.13. The molecule has 0 bridgehead atoms. The van der Waals surface area contributed by atoms with Crippen molar-refractivity contribution in [1.82, 2.24) is 0 Å². The molecule has 0 saturated heterocycles. The molecule has 0 aliphatic rings. The van der Waals surface area contributed by atoms with Crippen LogP contribution in [0.15, 0.2) is 78.9 Å². The van der Waals surface area contributed by atoms with Crippen molar-refractivity contribution in [2.24, 2.45) is 0 Å². The van der Waals surface area contributed by atoms with Crippen molar-refractivity contribution in [1.29, 1.82) is 0 Å². The van der Waals surface area contributed by atoms with Crippen LogP contribution in [0, 0.1) is 19.7 Å². The molecule has 196 valence electrons. The SMILES string of the molecule is CCc1cc(-c2cc(C)c(-c3ccc(OCc4ccccc4)c(F)c3)cc2C)ccc1NC(=O)C(F)(F)F. The van der Waals surface area contributed by atoms with Gasteiger partial charge in [0.2, 0.25) is 0 Å². The van der Waals surface area contributed by atoms with Crippen LogP contribution in [0.25, 0.3) is 22.3 Å². The van der Waals surface area contributed by atoms with E-state index < -0.39 is 17.9 Å². The number of hydrogen-bond donors (Lipinski definition) is 1. The summed E-state index contributed by atoms with van der Waals surface area (Å²) in [4.78, 5) is 11.4. The number of carbonyl (C=O) groups is 1. The Morgan fingerprint density at radius 1 is 0.842 bits per heavy atom. The van der Waals surface area contributed by atoms with Gasteiger partial charge in [0.05, 0.1) is 0 Å². The molecule has 4 rings (SSSR count). The quantitative estimate of drug-likeness (QED) is 0.248. The summed E-state index contributed by atoms with van der Waals surface area (Å²) in [6.45, 7) is 5.93. The molecule has 0 spiro atoms. The Bertz CT molecular complexity index is 1460. The molecule has 3 nitrogen and oxygen atoms in total. The van der Waals surface area contributed by atoms with Crippen molar-refractivity contribution < 1.29 is 27.1 Å². The number of nitrogens with one attached hydrogen (secondary N) is 1. The van der Waals surface area contributed by atoms with Gasteiger partial charge in [-0.25, -0.2) is 4.39 Å². The average molecular weight is 522 g/mol. The number of carbonyl (C=O) groups excluding carboxylic acids is 1. The fourth-order valence-corrected chi connectivity index (χ4v) is 4.33. The normalized spacial score (nSPS) is 11.3. The average Bonchev–Trinajstić information content (AvgIpc) is 2.89. The van der Waals surface area contributed by atoms with E-state index in [4.69, 9.17) is 4.74 Å². The van der Waals surface area contributed by atoms with Gasteiger partial charge in [-0.05, 0) is 89.0 Å². The van der Waals surface area contributed by atoms with E-state index >= 15 is 0 Å². The lowest BCUT2D eigenvalue weighted by atomic mass is 9.91. The number of rotatable bonds is 7. The maximum absolute atomic E-state index is 14.9. The molecular formula is C31H27F4NO2. The third-order valence-corrected chi connectivity index (χ3v) is 6.35. The van der Waals surface area contributed by atoms with Gasteiger partial charge in [0, 0.05) is 5.69 Å². The van der Waals surface area contributed by atoms with Crippen molar-refractivity contribution in [2.45, 2.75) is 40.0 Å². The number of aryl methyl sites for hydroxylation is 3. The number of hydrogen-bond acceptors (Lipinski definition) is 2. The molecule has 0 unspecified atom stereocenters. The summed E-state index contributed by atoms with van der Waals surface area (Å²) in [6, 6.07) is 23.3. The molecule has 1 amide bonds. The zero-order chi connectivity index (χ0) is 27.4. The minimum absolute atomic E-state index is 0.134. The first-order chi connectivity index (χ1) is 18.1. The van der Waals surface area contributed by atoms with Crippen LogP contribution in [0.5, 0.6) is 5.75 Å². The van der Waals surface area contributed by atoms with Gasteiger partial charge in [0.15, 0.2) is 11.6 Å². The molecule has 0 radical (unpaired) electrons. The van der Waals surface area contributed by atoms with Gasteiger partial charge >= 0.3 is 12.1 Å². The van der Waals surface area contributed by atoms with Crippen molar-refractivity contribution in [2.75, 3.05) is 5.32 Å². The molecule has 0 fully saturated rings. The van der Waals surface area contributed by atoms with E-state index in [1.54, 1.807) is 18.2 Å². The molecule has 0 saturated carbocycles.